The molecule has 1 fully saturated rings. The van der Waals surface area contributed by atoms with E-state index in [0.717, 1.165) is 19.4 Å². The van der Waals surface area contributed by atoms with E-state index in [-0.39, 0.29) is 38.6 Å². The number of hydrogen-bond acceptors (Lipinski definition) is 4. The third-order valence-corrected chi connectivity index (χ3v) is 19.1. The Kier molecular flexibility index (Phi) is 15.5. The van der Waals surface area contributed by atoms with Gasteiger partial charge in [0.15, 0.2) is 0 Å². The first kappa shape index (κ1) is 60.0. The average molecular weight is 1140 g/mol. The predicted octanol–water partition coefficient (Wildman–Crippen LogP) is 22.2. The molecule has 0 spiro atoms. The smallest absolute Gasteiger partial charge is 0.137 e. The molecule has 0 amide bonds. The Bertz CT molecular complexity index is 4330. The molecule has 438 valence electrons. The van der Waals surface area contributed by atoms with Gasteiger partial charge in [-0.3, -0.25) is 0 Å². The van der Waals surface area contributed by atoms with Crippen LogP contribution >= 0.6 is 0 Å². The number of fused-ring (bicyclic) bond motifs is 4. The molecule has 0 saturated carbocycles. The molecule has 3 aliphatic heterocycles. The predicted molar refractivity (Wildman–Crippen MR) is 368 cm³/mol. The number of allylic oxidation sites excluding steroid dienone is 11. The van der Waals surface area contributed by atoms with Gasteiger partial charge in [-0.25, -0.2) is 0 Å². The maximum Gasteiger partial charge on any atom is 0.137 e. The fourth-order valence-electron chi connectivity index (χ4n) is 14.1. The fraction of sp³-hybridized carbons (Fsp3) is 0.301. The zero-order valence-corrected chi connectivity index (χ0v) is 54.1. The molecule has 0 aliphatic carbocycles. The van der Waals surface area contributed by atoms with E-state index in [2.05, 4.69) is 266 Å². The largest absolute Gasteiger partial charge is 0.462 e. The van der Waals surface area contributed by atoms with E-state index in [1.165, 1.54) is 116 Å². The molecule has 0 N–H and O–H groups in total. The number of hydrogen-bond donors (Lipinski definition) is 0. The summed E-state index contributed by atoms with van der Waals surface area (Å²) in [6, 6.07) is 60.7. The van der Waals surface area contributed by atoms with Crippen LogP contribution in [0.3, 0.4) is 0 Å². The monoisotopic (exact) mass is 1140 g/mol. The van der Waals surface area contributed by atoms with Crippen LogP contribution < -0.4 is 0 Å². The third-order valence-electron chi connectivity index (χ3n) is 19.1. The topological polar surface area (TPSA) is 60.0 Å². The number of rotatable bonds is 10. The Morgan fingerprint density at radius 2 is 1.01 bits per heavy atom. The molecule has 3 aliphatic rings. The standard InChI is InChI=1S/C83H85N3O/c1-52-43-53(2)86-51-65(83(15,16)71(78(52)86)30-24-23-29-66-45-59(44-54(3)87-66)60(49-84)50-85)48-82(13,14)64-40-42-68-70(47-64)75(56-27-21-18-22-28-56)77-72(57-31-35-61(36-32-57)79(4,5)6)67-41-39-63(81(10,11)12)46-69(67)74(55-25-19-17-20-26-55)76(77)73(68)58-33-37-62(38-34-58)80(7,8)9/h17-42,44-47,53,65H,1,43,48,51H2,2-16H3/b29-23+,30-24+. The molecule has 0 radical (unpaired) electrons. The highest BCUT2D eigenvalue weighted by Crippen LogP contribution is 2.57. The first-order chi connectivity index (χ1) is 41.2. The Hall–Kier alpha value is -8.70. The van der Waals surface area contributed by atoms with E-state index in [1.54, 1.807) is 12.2 Å². The Morgan fingerprint density at radius 3 is 1.49 bits per heavy atom. The van der Waals surface area contributed by atoms with Gasteiger partial charge in [-0.1, -0.05) is 248 Å². The van der Waals surface area contributed by atoms with Crippen LogP contribution in [-0.4, -0.2) is 17.5 Å². The highest BCUT2D eigenvalue weighted by atomic mass is 16.5. The lowest BCUT2D eigenvalue weighted by Gasteiger charge is -2.48. The summed E-state index contributed by atoms with van der Waals surface area (Å²) in [5, 5.41) is 26.8. The minimum atomic E-state index is -0.263. The van der Waals surface area contributed by atoms with E-state index in [4.69, 9.17) is 4.74 Å². The van der Waals surface area contributed by atoms with Crippen LogP contribution in [0.5, 0.6) is 0 Å². The lowest BCUT2D eigenvalue weighted by Crippen LogP contribution is -2.46. The maximum atomic E-state index is 9.62. The molecule has 8 aromatic rings. The van der Waals surface area contributed by atoms with Crippen LogP contribution in [0.1, 0.15) is 139 Å². The van der Waals surface area contributed by atoms with Gasteiger partial charge in [0.05, 0.1) is 0 Å². The highest BCUT2D eigenvalue weighted by molar-refractivity contribution is 6.34. The van der Waals surface area contributed by atoms with E-state index in [0.29, 0.717) is 23.1 Å². The quantitative estimate of drug-likeness (QED) is 0.0778. The molecule has 8 aromatic carbocycles. The second-order valence-electron chi connectivity index (χ2n) is 29.2. The van der Waals surface area contributed by atoms with Gasteiger partial charge in [-0.2, -0.15) is 10.5 Å². The van der Waals surface area contributed by atoms with Crippen molar-refractivity contribution in [3.8, 4) is 56.6 Å². The third kappa shape index (κ3) is 11.3. The van der Waals surface area contributed by atoms with E-state index in [1.807, 2.05) is 31.2 Å². The van der Waals surface area contributed by atoms with Gasteiger partial charge < -0.3 is 9.64 Å². The van der Waals surface area contributed by atoms with Crippen molar-refractivity contribution >= 4 is 32.3 Å². The molecule has 4 nitrogen and oxygen atoms in total. The molecule has 87 heavy (non-hydrogen) atoms. The second-order valence-corrected chi connectivity index (χ2v) is 29.2. The molecule has 2 atom stereocenters. The first-order valence-electron chi connectivity index (χ1n) is 31.2. The first-order valence-corrected chi connectivity index (χ1v) is 31.2. The normalized spacial score (nSPS) is 17.5. The van der Waals surface area contributed by atoms with Gasteiger partial charge in [0.2, 0.25) is 0 Å². The number of nitrogens with zero attached hydrogens (tertiary/aromatic N) is 3. The summed E-state index contributed by atoms with van der Waals surface area (Å²) in [4.78, 5) is 2.63. The molecule has 2 unspecified atom stereocenters. The SMILES string of the molecule is C=C1CC(C)N2CC(CC(C)(C)c3ccc4c(-c5ccc(C(C)(C)C)cc5)c5c(-c6ccccc6)c6cc(C(C)(C)C)ccc6c(-c6ccc(C(C)(C)C)cc6)c5c(-c5ccccc5)c4c3)C(C)(C)C(/C=C/C=C/C3=CC(=C(C#N)C#N)C=C(C)O3)=C12. The molecule has 0 bridgehead atoms. The van der Waals surface area contributed by atoms with Gasteiger partial charge >= 0.3 is 0 Å². The highest BCUT2D eigenvalue weighted by Gasteiger charge is 2.47. The summed E-state index contributed by atoms with van der Waals surface area (Å²) in [5.41, 5.74) is 18.8. The molecular formula is C83H85N3O. The van der Waals surface area contributed by atoms with Crippen molar-refractivity contribution in [2.45, 2.75) is 144 Å². The van der Waals surface area contributed by atoms with Crippen molar-refractivity contribution in [2.75, 3.05) is 6.54 Å². The van der Waals surface area contributed by atoms with Crippen molar-refractivity contribution < 1.29 is 4.74 Å². The number of benzene rings is 8. The average Bonchev–Trinajstić information content (AvgIpc) is 1.01. The molecule has 4 heteroatoms. The summed E-state index contributed by atoms with van der Waals surface area (Å²) < 4.78 is 6.04. The Labute approximate surface area is 518 Å². The van der Waals surface area contributed by atoms with Crippen LogP contribution in [0.25, 0.3) is 76.8 Å². The molecule has 0 aromatic heterocycles. The van der Waals surface area contributed by atoms with Crippen LogP contribution in [0.15, 0.2) is 228 Å². The Balaban J connectivity index is 1.17. The zero-order valence-electron chi connectivity index (χ0n) is 54.1. The zero-order chi connectivity index (χ0) is 62.1. The van der Waals surface area contributed by atoms with Crippen molar-refractivity contribution in [3.05, 3.63) is 250 Å². The van der Waals surface area contributed by atoms with E-state index < -0.39 is 0 Å². The van der Waals surface area contributed by atoms with Gasteiger partial charge in [-0.15, -0.1) is 0 Å². The van der Waals surface area contributed by atoms with Crippen LogP contribution in [-0.2, 0) is 26.4 Å². The minimum Gasteiger partial charge on any atom is -0.462 e. The van der Waals surface area contributed by atoms with Crippen molar-refractivity contribution in [3.63, 3.8) is 0 Å². The molecule has 1 saturated heterocycles. The van der Waals surface area contributed by atoms with E-state index >= 15 is 0 Å². The minimum absolute atomic E-state index is 0.0147. The summed E-state index contributed by atoms with van der Waals surface area (Å²) in [7, 11) is 0. The summed E-state index contributed by atoms with van der Waals surface area (Å²) >= 11 is 0. The van der Waals surface area contributed by atoms with Gasteiger partial charge in [0.1, 0.15) is 29.2 Å². The van der Waals surface area contributed by atoms with Gasteiger partial charge in [0, 0.05) is 23.9 Å². The fourth-order valence-corrected chi connectivity index (χ4v) is 14.1. The number of nitriles is 2. The summed E-state index contributed by atoms with van der Waals surface area (Å²) in [6.07, 6.45) is 13.7. The van der Waals surface area contributed by atoms with Crippen LogP contribution in [0.2, 0.25) is 0 Å². The lowest BCUT2D eigenvalue weighted by molar-refractivity contribution is 0.120. The van der Waals surface area contributed by atoms with Gasteiger partial charge in [0.25, 0.3) is 0 Å². The van der Waals surface area contributed by atoms with Crippen molar-refractivity contribution in [1.29, 1.82) is 10.5 Å². The van der Waals surface area contributed by atoms with Crippen molar-refractivity contribution in [1.82, 2.24) is 4.90 Å². The number of ether oxygens (including phenoxy) is 1. The van der Waals surface area contributed by atoms with Crippen LogP contribution in [0.4, 0.5) is 0 Å². The molecular weight excluding hydrogens is 1050 g/mol. The summed E-state index contributed by atoms with van der Waals surface area (Å²) in [5.74, 6) is 1.49. The second kappa shape index (κ2) is 22.5. The Morgan fingerprint density at radius 1 is 0.575 bits per heavy atom. The lowest BCUT2D eigenvalue weighted by atomic mass is 9.63. The van der Waals surface area contributed by atoms with E-state index in [9.17, 15) is 10.5 Å². The van der Waals surface area contributed by atoms with Crippen LogP contribution in [0, 0.1) is 34.0 Å². The van der Waals surface area contributed by atoms with Gasteiger partial charge in [-0.05, 0) is 200 Å². The molecule has 11 rings (SSSR count). The maximum absolute atomic E-state index is 9.62. The molecule has 3 heterocycles. The van der Waals surface area contributed by atoms with Crippen molar-refractivity contribution in [2.24, 2.45) is 11.3 Å². The summed E-state index contributed by atoms with van der Waals surface area (Å²) in [6.45, 7) is 40.5.